The molecule has 5 heterocycles. The third-order valence-corrected chi connectivity index (χ3v) is 13.0. The molecule has 4 aliphatic heterocycles. The summed E-state index contributed by atoms with van der Waals surface area (Å²) in [5.41, 5.74) is 23.7. The number of amides is 4. The maximum absolute atomic E-state index is 11.9. The van der Waals surface area contributed by atoms with Gasteiger partial charge in [-0.05, 0) is 89.1 Å². The molecule has 0 radical (unpaired) electrons. The third-order valence-electron chi connectivity index (χ3n) is 13.0. The van der Waals surface area contributed by atoms with Crippen molar-refractivity contribution in [3.63, 3.8) is 0 Å². The molecular weight excluding hydrogens is 825 g/mol. The number of hydrogen-bond donors (Lipinski definition) is 6. The molecule has 1 saturated carbocycles. The molecule has 2 aromatic carbocycles. The van der Waals surface area contributed by atoms with Crippen LogP contribution in [0.4, 0.5) is 5.69 Å². The highest BCUT2D eigenvalue weighted by atomic mass is 16.5. The Morgan fingerprint density at radius 1 is 0.862 bits per heavy atom. The molecule has 3 aromatic rings. The number of imide groups is 2. The number of nitrogens with zero attached hydrogens (tertiary/aromatic N) is 5. The standard InChI is InChI=1S/C25H36N6O.C13H14N2O3.C11H18N2O2/c1-17-22(21(25(27)28)15-23(26)20-9-5-6-10-24(20)32)16-29-31(17)19-11-13-30(14-12-19)18-7-3-2-4-8-18;16-12-6-5-10(13(17)14-12)15-7-8-18-11-4-2-1-3-9(11)15;1-4-7-13(8(2)3)9-5-6-10(14)12-11(9)15/h5-6,9-10,15-16,18-19,32H,2-4,7-8,11-14,26-28H2,1H3;1-4,10H,5-8H2,(H,14,16,17);9H,2,4-7H2,1,3H3,(H,12,14,15)/b23-15-;;. The number of aromatic hydroxyl groups is 1. The van der Waals surface area contributed by atoms with E-state index in [9.17, 15) is 24.3 Å². The van der Waals surface area contributed by atoms with Gasteiger partial charge in [-0.1, -0.05) is 57.0 Å². The molecule has 1 aliphatic carbocycles. The van der Waals surface area contributed by atoms with E-state index in [1.807, 2.05) is 53.3 Å². The highest BCUT2D eigenvalue weighted by molar-refractivity contribution is 6.02. The van der Waals surface area contributed by atoms with E-state index in [1.165, 1.54) is 32.1 Å². The average Bonchev–Trinajstić information content (AvgIpc) is 3.68. The Morgan fingerprint density at radius 3 is 2.17 bits per heavy atom. The van der Waals surface area contributed by atoms with Crippen LogP contribution < -0.4 is 37.5 Å². The minimum absolute atomic E-state index is 0.119. The number of likely N-dealkylation sites (tertiary alicyclic amines) is 1. The van der Waals surface area contributed by atoms with Gasteiger partial charge in [0.15, 0.2) is 0 Å². The Bertz CT molecular complexity index is 2230. The van der Waals surface area contributed by atoms with Gasteiger partial charge in [-0.2, -0.15) is 5.10 Å². The number of phenols is 1. The lowest BCUT2D eigenvalue weighted by Gasteiger charge is -2.39. The third kappa shape index (κ3) is 12.1. The van der Waals surface area contributed by atoms with Gasteiger partial charge in [-0.3, -0.25) is 34.5 Å². The van der Waals surface area contributed by atoms with Crippen LogP contribution >= 0.6 is 0 Å². The van der Waals surface area contributed by atoms with Gasteiger partial charge in [0.2, 0.25) is 23.6 Å². The average molecular weight is 893 g/mol. The van der Waals surface area contributed by atoms with Crippen molar-refractivity contribution in [2.45, 2.75) is 122 Å². The number of allylic oxidation sites excluding steroid dienone is 3. The summed E-state index contributed by atoms with van der Waals surface area (Å²) in [5.74, 6) is 0.345. The van der Waals surface area contributed by atoms with Crippen molar-refractivity contribution in [3.05, 3.63) is 95.7 Å². The summed E-state index contributed by atoms with van der Waals surface area (Å²) in [7, 11) is 0. The normalized spacial score (nSPS) is 20.7. The van der Waals surface area contributed by atoms with E-state index < -0.39 is 0 Å². The number of nitrogens with one attached hydrogen (secondary N) is 2. The number of piperidine rings is 3. The lowest BCUT2D eigenvalue weighted by atomic mass is 9.92. The van der Waals surface area contributed by atoms with Crippen LogP contribution in [0.2, 0.25) is 0 Å². The molecule has 4 fully saturated rings. The van der Waals surface area contributed by atoms with Crippen molar-refractivity contribution in [1.29, 1.82) is 0 Å². The summed E-state index contributed by atoms with van der Waals surface area (Å²) in [4.78, 5) is 52.4. The second-order valence-corrected chi connectivity index (χ2v) is 17.5. The molecule has 16 heteroatoms. The zero-order valence-corrected chi connectivity index (χ0v) is 38.3. The molecule has 2 unspecified atom stereocenters. The van der Waals surface area contributed by atoms with Gasteiger partial charge >= 0.3 is 0 Å². The number of hydrogen-bond acceptors (Lipinski definition) is 13. The fraction of sp³-hybridized carbons (Fsp3) is 0.490. The van der Waals surface area contributed by atoms with E-state index in [2.05, 4.69) is 40.6 Å². The summed E-state index contributed by atoms with van der Waals surface area (Å²) in [6.07, 6.45) is 15.5. The highest BCUT2D eigenvalue weighted by Crippen LogP contribution is 2.35. The number of fused-ring (bicyclic) bond motifs is 1. The van der Waals surface area contributed by atoms with Crippen LogP contribution in [0.15, 0.2) is 78.9 Å². The van der Waals surface area contributed by atoms with Gasteiger partial charge in [-0.15, -0.1) is 0 Å². The Balaban J connectivity index is 0.000000179. The number of para-hydroxylation sites is 3. The highest BCUT2D eigenvalue weighted by Gasteiger charge is 2.35. The van der Waals surface area contributed by atoms with Crippen molar-refractivity contribution in [2.24, 2.45) is 17.2 Å². The van der Waals surface area contributed by atoms with Crippen molar-refractivity contribution < 1.29 is 29.0 Å². The van der Waals surface area contributed by atoms with E-state index in [0.29, 0.717) is 61.7 Å². The van der Waals surface area contributed by atoms with Crippen molar-refractivity contribution in [3.8, 4) is 11.5 Å². The number of benzene rings is 2. The lowest BCUT2D eigenvalue weighted by molar-refractivity contribution is -0.137. The molecular formula is C49H68N10O6. The topological polar surface area (TPSA) is 227 Å². The molecule has 65 heavy (non-hydrogen) atoms. The SMILES string of the molecule is C=C(C)N(CCC)C1CCC(=O)NC1=O.Cc1c(C(/C=C(\N)c2ccccc2O)=C(N)N)cnn1C1CCN(C2CCCCC2)CC1.O=C1CCC(N2CCOc3ccccc32)C(=O)N1. The Morgan fingerprint density at radius 2 is 1.52 bits per heavy atom. The summed E-state index contributed by atoms with van der Waals surface area (Å²) in [5, 5.41) is 19.6. The number of ether oxygens (including phenoxy) is 1. The van der Waals surface area contributed by atoms with Gasteiger partial charge in [0.1, 0.15) is 36.0 Å². The molecule has 3 saturated heterocycles. The van der Waals surface area contributed by atoms with Crippen LogP contribution in [-0.2, 0) is 19.2 Å². The minimum atomic E-state index is -0.271. The summed E-state index contributed by atoms with van der Waals surface area (Å²) >= 11 is 0. The molecule has 8 rings (SSSR count). The number of rotatable bonds is 10. The number of carbonyl (C=O) groups excluding carboxylic acids is 4. The molecule has 0 spiro atoms. The molecule has 4 amide bonds. The molecule has 16 nitrogen and oxygen atoms in total. The van der Waals surface area contributed by atoms with Crippen molar-refractivity contribution in [1.82, 2.24) is 30.2 Å². The summed E-state index contributed by atoms with van der Waals surface area (Å²) in [6, 6.07) is 15.3. The molecule has 9 N–H and O–H groups in total. The summed E-state index contributed by atoms with van der Waals surface area (Å²) < 4.78 is 7.69. The first-order valence-electron chi connectivity index (χ1n) is 23.1. The smallest absolute Gasteiger partial charge is 0.249 e. The van der Waals surface area contributed by atoms with Crippen LogP contribution in [0, 0.1) is 6.92 Å². The number of aromatic nitrogens is 2. The van der Waals surface area contributed by atoms with E-state index in [1.54, 1.807) is 24.3 Å². The first-order valence-corrected chi connectivity index (χ1v) is 23.1. The predicted octanol–water partition coefficient (Wildman–Crippen LogP) is 5.18. The van der Waals surface area contributed by atoms with E-state index in [0.717, 1.165) is 73.3 Å². The molecule has 0 bridgehead atoms. The van der Waals surface area contributed by atoms with Gasteiger partial charge in [-0.25, -0.2) is 0 Å². The zero-order valence-electron chi connectivity index (χ0n) is 38.3. The Hall–Kier alpha value is -6.29. The molecule has 350 valence electrons. The van der Waals surface area contributed by atoms with E-state index in [-0.39, 0.29) is 47.3 Å². The van der Waals surface area contributed by atoms with Crippen molar-refractivity contribution in [2.75, 3.05) is 37.7 Å². The Kier molecular flexibility index (Phi) is 16.7. The van der Waals surface area contributed by atoms with E-state index in [4.69, 9.17) is 27.0 Å². The van der Waals surface area contributed by atoms with Gasteiger partial charge < -0.3 is 41.7 Å². The predicted molar refractivity (Wildman–Crippen MR) is 253 cm³/mol. The number of anilines is 1. The maximum atomic E-state index is 11.9. The van der Waals surface area contributed by atoms with E-state index >= 15 is 0 Å². The van der Waals surface area contributed by atoms with Crippen LogP contribution in [-0.4, -0.2) is 99.2 Å². The second kappa shape index (κ2) is 22.6. The molecule has 5 aliphatic rings. The van der Waals surface area contributed by atoms with Crippen LogP contribution in [0.25, 0.3) is 11.3 Å². The van der Waals surface area contributed by atoms with Crippen LogP contribution in [0.3, 0.4) is 0 Å². The fourth-order valence-corrected chi connectivity index (χ4v) is 9.59. The fourth-order valence-electron chi connectivity index (χ4n) is 9.59. The van der Waals surface area contributed by atoms with Gasteiger partial charge in [0.25, 0.3) is 0 Å². The lowest BCUT2D eigenvalue weighted by Crippen LogP contribution is -2.54. The number of phenolic OH excluding ortho intramolecular Hbond substituents is 1. The van der Waals surface area contributed by atoms with Crippen molar-refractivity contribution >= 4 is 40.6 Å². The zero-order chi connectivity index (χ0) is 46.6. The maximum Gasteiger partial charge on any atom is 0.249 e. The first-order chi connectivity index (χ1) is 31.3. The minimum Gasteiger partial charge on any atom is -0.507 e. The number of carbonyl (C=O) groups is 4. The first kappa shape index (κ1) is 48.2. The quantitative estimate of drug-likeness (QED) is 0.114. The Labute approximate surface area is 382 Å². The monoisotopic (exact) mass is 893 g/mol. The largest absolute Gasteiger partial charge is 0.507 e. The number of nitrogens with two attached hydrogens (primary N) is 3. The van der Waals surface area contributed by atoms with Crippen LogP contribution in [0.1, 0.15) is 114 Å². The molecule has 2 atom stereocenters. The summed E-state index contributed by atoms with van der Waals surface area (Å²) in [6.45, 7) is 14.2. The van der Waals surface area contributed by atoms with Gasteiger partial charge in [0.05, 0.1) is 24.5 Å². The molecule has 1 aromatic heterocycles. The van der Waals surface area contributed by atoms with Gasteiger partial charge in [0, 0.05) is 72.3 Å². The van der Waals surface area contributed by atoms with Crippen LogP contribution in [0.5, 0.6) is 11.5 Å². The second-order valence-electron chi connectivity index (χ2n) is 17.5.